The molecule has 1 aliphatic rings. The highest BCUT2D eigenvalue weighted by molar-refractivity contribution is 4.90. The van der Waals surface area contributed by atoms with E-state index in [0.717, 1.165) is 6.54 Å². The first-order chi connectivity index (χ1) is 7.07. The molecule has 1 saturated heterocycles. The van der Waals surface area contributed by atoms with Gasteiger partial charge in [0.05, 0.1) is 6.10 Å². The quantitative estimate of drug-likeness (QED) is 0.729. The molecule has 0 spiro atoms. The largest absolute Gasteiger partial charge is 0.380 e. The Morgan fingerprint density at radius 3 is 2.27 bits per heavy atom. The Labute approximate surface area is 91.6 Å². The maximum absolute atomic E-state index is 12.6. The van der Waals surface area contributed by atoms with Crippen molar-refractivity contribution in [1.29, 1.82) is 0 Å². The molecule has 3 atom stereocenters. The summed E-state index contributed by atoms with van der Waals surface area (Å²) in [4.78, 5) is 1.96. The molecule has 2 nitrogen and oxygen atoms in total. The van der Waals surface area contributed by atoms with Gasteiger partial charge in [0.1, 0.15) is 0 Å². The van der Waals surface area contributed by atoms with E-state index in [4.69, 9.17) is 4.74 Å². The number of rotatable bonds is 3. The van der Waals surface area contributed by atoms with Crippen LogP contribution in [0.25, 0.3) is 0 Å². The minimum atomic E-state index is -2.23. The Morgan fingerprint density at radius 1 is 1.33 bits per heavy atom. The van der Waals surface area contributed by atoms with Gasteiger partial charge >= 0.3 is 0 Å². The molecule has 1 heterocycles. The van der Waals surface area contributed by atoms with Crippen molar-refractivity contribution in [3.8, 4) is 0 Å². The average Bonchev–Trinajstić information content (AvgIpc) is 2.62. The number of methoxy groups -OCH3 is 1. The van der Waals surface area contributed by atoms with Crippen LogP contribution in [-0.2, 0) is 4.74 Å². The van der Waals surface area contributed by atoms with Gasteiger partial charge in [-0.1, -0.05) is 13.8 Å². The molecule has 0 aliphatic carbocycles. The third-order valence-corrected chi connectivity index (χ3v) is 2.94. The zero-order valence-electron chi connectivity index (χ0n) is 10.3. The highest BCUT2D eigenvalue weighted by Gasteiger charge is 2.40. The molecule has 1 fully saturated rings. The molecular weight excluding hydrogens is 200 g/mol. The van der Waals surface area contributed by atoms with Gasteiger partial charge in [0, 0.05) is 19.1 Å². The minimum Gasteiger partial charge on any atom is -0.380 e. The van der Waals surface area contributed by atoms with Crippen LogP contribution in [-0.4, -0.2) is 44.2 Å². The van der Waals surface area contributed by atoms with Gasteiger partial charge in [-0.3, -0.25) is 0 Å². The predicted octanol–water partition coefficient (Wildman–Crippen LogP) is 2.63. The lowest BCUT2D eigenvalue weighted by atomic mass is 9.97. The van der Waals surface area contributed by atoms with Crippen LogP contribution in [0.1, 0.15) is 27.2 Å². The predicted molar refractivity (Wildman–Crippen MR) is 58.3 cm³/mol. The smallest absolute Gasteiger partial charge is 0.243 e. The molecular formula is C11H23F2NO. The normalized spacial score (nSPS) is 28.8. The van der Waals surface area contributed by atoms with Crippen molar-refractivity contribution in [1.82, 2.24) is 4.90 Å². The van der Waals surface area contributed by atoms with E-state index in [0.29, 0.717) is 6.42 Å². The summed E-state index contributed by atoms with van der Waals surface area (Å²) < 4.78 is 30.3. The van der Waals surface area contributed by atoms with Crippen molar-refractivity contribution in [3.63, 3.8) is 0 Å². The topological polar surface area (TPSA) is 12.5 Å². The molecule has 15 heavy (non-hydrogen) atoms. The highest BCUT2D eigenvalue weighted by Crippen LogP contribution is 2.31. The lowest BCUT2D eigenvalue weighted by Crippen LogP contribution is -2.41. The fourth-order valence-corrected chi connectivity index (χ4v) is 2.12. The average molecular weight is 223 g/mol. The number of halogens is 2. The summed E-state index contributed by atoms with van der Waals surface area (Å²) in [6.45, 7) is 6.59. The van der Waals surface area contributed by atoms with Crippen LogP contribution in [0.5, 0.6) is 0 Å². The monoisotopic (exact) mass is 223 g/mol. The van der Waals surface area contributed by atoms with Crippen LogP contribution in [0.3, 0.4) is 0 Å². The molecule has 92 valence electrons. The maximum atomic E-state index is 12.6. The Hall–Kier alpha value is -0.220. The van der Waals surface area contributed by atoms with Crippen molar-refractivity contribution < 1.29 is 13.5 Å². The van der Waals surface area contributed by atoms with Gasteiger partial charge in [-0.15, -0.1) is 0 Å². The molecule has 0 aromatic carbocycles. The lowest BCUT2D eigenvalue weighted by Gasteiger charge is -2.29. The zero-order chi connectivity index (χ0) is 12.0. The number of likely N-dealkylation sites (tertiary alicyclic amines) is 1. The number of nitrogens with zero attached hydrogens (tertiary/aromatic N) is 1. The minimum absolute atomic E-state index is 0.119. The third-order valence-electron chi connectivity index (χ3n) is 2.94. The van der Waals surface area contributed by atoms with Gasteiger partial charge in [0.15, 0.2) is 0 Å². The molecule has 0 saturated carbocycles. The lowest BCUT2D eigenvalue weighted by molar-refractivity contribution is -0.00977. The number of ether oxygens (including phenoxy) is 1. The zero-order valence-corrected chi connectivity index (χ0v) is 10.3. The fourth-order valence-electron chi connectivity index (χ4n) is 2.12. The van der Waals surface area contributed by atoms with Crippen molar-refractivity contribution >= 4 is 0 Å². The second kappa shape index (κ2) is 7.12. The van der Waals surface area contributed by atoms with Gasteiger partial charge in [-0.2, -0.15) is 0 Å². The molecule has 0 aromatic heterocycles. The Kier molecular flexibility index (Phi) is 7.02. The van der Waals surface area contributed by atoms with Crippen LogP contribution < -0.4 is 0 Å². The number of hydrogen-bond donors (Lipinski definition) is 0. The standard InChI is InChI=1S/C9H17F2NO.C2H6/c1-6(13-3)8-7(9(10)11)4-5-12(8)2;1-2/h6-9H,4-5H2,1-3H3;1-2H3/t6-,7-,8+;/m0./s1. The second-order valence-electron chi connectivity index (χ2n) is 3.70. The van der Waals surface area contributed by atoms with Crippen LogP contribution in [0.15, 0.2) is 0 Å². The highest BCUT2D eigenvalue weighted by atomic mass is 19.3. The Balaban J connectivity index is 0.000000921. The van der Waals surface area contributed by atoms with Crippen LogP contribution in [0, 0.1) is 5.92 Å². The third kappa shape index (κ3) is 3.68. The summed E-state index contributed by atoms with van der Waals surface area (Å²) >= 11 is 0. The van der Waals surface area contributed by atoms with E-state index in [1.54, 1.807) is 7.11 Å². The summed E-state index contributed by atoms with van der Waals surface area (Å²) in [5, 5.41) is 0. The second-order valence-corrected chi connectivity index (χ2v) is 3.70. The first-order valence-corrected chi connectivity index (χ1v) is 5.59. The van der Waals surface area contributed by atoms with Crippen molar-refractivity contribution in [3.05, 3.63) is 0 Å². The molecule has 0 aromatic rings. The maximum Gasteiger partial charge on any atom is 0.243 e. The van der Waals surface area contributed by atoms with E-state index in [-0.39, 0.29) is 12.1 Å². The van der Waals surface area contributed by atoms with E-state index < -0.39 is 12.3 Å². The summed E-state index contributed by atoms with van der Waals surface area (Å²) in [6, 6.07) is -0.134. The van der Waals surface area contributed by atoms with E-state index >= 15 is 0 Å². The van der Waals surface area contributed by atoms with E-state index in [1.807, 2.05) is 32.7 Å². The molecule has 0 bridgehead atoms. The molecule has 1 rings (SSSR count). The summed E-state index contributed by atoms with van der Waals surface area (Å²) in [5.74, 6) is -0.528. The Bertz CT molecular complexity index is 167. The number of likely N-dealkylation sites (N-methyl/N-ethyl adjacent to an activating group) is 1. The van der Waals surface area contributed by atoms with E-state index in [9.17, 15) is 8.78 Å². The SMILES string of the molecule is CC.CO[C@@H](C)[C@@H]1[C@@H](C(F)F)CCN1C. The van der Waals surface area contributed by atoms with Crippen LogP contribution >= 0.6 is 0 Å². The van der Waals surface area contributed by atoms with Gasteiger partial charge < -0.3 is 9.64 Å². The molecule has 0 N–H and O–H groups in total. The Morgan fingerprint density at radius 2 is 1.87 bits per heavy atom. The molecule has 4 heteroatoms. The van der Waals surface area contributed by atoms with Crippen molar-refractivity contribution in [2.45, 2.75) is 45.8 Å². The van der Waals surface area contributed by atoms with Crippen molar-refractivity contribution in [2.75, 3.05) is 20.7 Å². The van der Waals surface area contributed by atoms with Crippen LogP contribution in [0.4, 0.5) is 8.78 Å². The molecule has 0 unspecified atom stereocenters. The van der Waals surface area contributed by atoms with Crippen molar-refractivity contribution in [2.24, 2.45) is 5.92 Å². The molecule has 1 aliphatic heterocycles. The number of hydrogen-bond acceptors (Lipinski definition) is 2. The van der Waals surface area contributed by atoms with Gasteiger partial charge in [0.2, 0.25) is 6.43 Å². The molecule has 0 radical (unpaired) electrons. The van der Waals surface area contributed by atoms with Crippen LogP contribution in [0.2, 0.25) is 0 Å². The first-order valence-electron chi connectivity index (χ1n) is 5.59. The van der Waals surface area contributed by atoms with Gasteiger partial charge in [-0.05, 0) is 26.9 Å². The summed E-state index contributed by atoms with van der Waals surface area (Å²) in [6.07, 6.45) is -1.77. The summed E-state index contributed by atoms with van der Waals surface area (Å²) in [5.41, 5.74) is 0. The summed E-state index contributed by atoms with van der Waals surface area (Å²) in [7, 11) is 3.45. The van der Waals surface area contributed by atoms with Gasteiger partial charge in [0.25, 0.3) is 0 Å². The van der Waals surface area contributed by atoms with E-state index in [2.05, 4.69) is 0 Å². The fraction of sp³-hybridized carbons (Fsp3) is 1.00. The van der Waals surface area contributed by atoms with Gasteiger partial charge in [-0.25, -0.2) is 8.78 Å². The first kappa shape index (κ1) is 14.8. The molecule has 0 amide bonds. The van der Waals surface area contributed by atoms with E-state index in [1.165, 1.54) is 0 Å². The number of alkyl halides is 2.